The van der Waals surface area contributed by atoms with Crippen LogP contribution in [0.3, 0.4) is 0 Å². The van der Waals surface area contributed by atoms with Gasteiger partial charge in [-0.1, -0.05) is 40.0 Å². The average Bonchev–Trinajstić information content (AvgIpc) is 2.71. The van der Waals surface area contributed by atoms with E-state index in [0.29, 0.717) is 10.7 Å². The Balaban J connectivity index is 2.24. The van der Waals surface area contributed by atoms with Crippen molar-refractivity contribution in [3.05, 3.63) is 0 Å². The van der Waals surface area contributed by atoms with Crippen LogP contribution in [0.2, 0.25) is 0 Å². The molecule has 0 nitrogen and oxygen atoms in total. The summed E-state index contributed by atoms with van der Waals surface area (Å²) in [4.78, 5) is 0. The molecule has 88 valence electrons. The summed E-state index contributed by atoms with van der Waals surface area (Å²) in [5.41, 5.74) is 0.655. The largest absolute Gasteiger partial charge is 0.176 e. The normalized spacial score (nSPS) is 49.6. The Morgan fingerprint density at radius 1 is 1.27 bits per heavy atom. The van der Waals surface area contributed by atoms with E-state index in [0.717, 1.165) is 17.8 Å². The van der Waals surface area contributed by atoms with Gasteiger partial charge in [-0.05, 0) is 42.4 Å². The number of hydrogen-bond acceptors (Lipinski definition) is 1. The standard InChI is InChI=1S/C14H26S/c1-4-8-14(5-2)9-12(15)11-7-6-10(3)13(11)14/h10-13,15H,4-9H2,1-3H3. The molecule has 0 aliphatic heterocycles. The van der Waals surface area contributed by atoms with Gasteiger partial charge in [0.15, 0.2) is 0 Å². The van der Waals surface area contributed by atoms with Gasteiger partial charge in [0, 0.05) is 5.25 Å². The molecule has 0 amide bonds. The van der Waals surface area contributed by atoms with Crippen molar-refractivity contribution in [2.75, 3.05) is 0 Å². The lowest BCUT2D eigenvalue weighted by molar-refractivity contribution is 0.124. The van der Waals surface area contributed by atoms with Crippen LogP contribution in [-0.2, 0) is 0 Å². The van der Waals surface area contributed by atoms with Crippen molar-refractivity contribution in [3.63, 3.8) is 0 Å². The summed E-state index contributed by atoms with van der Waals surface area (Å²) < 4.78 is 0. The molecule has 2 aliphatic rings. The highest BCUT2D eigenvalue weighted by molar-refractivity contribution is 7.81. The molecule has 0 radical (unpaired) electrons. The van der Waals surface area contributed by atoms with Gasteiger partial charge in [0.05, 0.1) is 0 Å². The van der Waals surface area contributed by atoms with Gasteiger partial charge in [-0.3, -0.25) is 0 Å². The average molecular weight is 226 g/mol. The molecule has 2 rings (SSSR count). The molecule has 15 heavy (non-hydrogen) atoms. The van der Waals surface area contributed by atoms with E-state index in [1.54, 1.807) is 0 Å². The van der Waals surface area contributed by atoms with Crippen LogP contribution in [-0.4, -0.2) is 5.25 Å². The van der Waals surface area contributed by atoms with Gasteiger partial charge in [-0.15, -0.1) is 0 Å². The number of thiol groups is 1. The topological polar surface area (TPSA) is 0 Å². The Morgan fingerprint density at radius 2 is 2.00 bits per heavy atom. The van der Waals surface area contributed by atoms with Crippen LogP contribution in [0.5, 0.6) is 0 Å². The summed E-state index contributed by atoms with van der Waals surface area (Å²) >= 11 is 4.87. The summed E-state index contributed by atoms with van der Waals surface area (Å²) in [7, 11) is 0. The first-order valence-corrected chi connectivity index (χ1v) is 7.34. The highest BCUT2D eigenvalue weighted by Gasteiger charge is 2.54. The first kappa shape index (κ1) is 11.8. The lowest BCUT2D eigenvalue weighted by atomic mass is 9.68. The third-order valence-corrected chi connectivity index (χ3v) is 5.86. The van der Waals surface area contributed by atoms with Gasteiger partial charge in [0.1, 0.15) is 0 Å². The monoisotopic (exact) mass is 226 g/mol. The molecule has 2 fully saturated rings. The highest BCUT2D eigenvalue weighted by atomic mass is 32.1. The van der Waals surface area contributed by atoms with Crippen molar-refractivity contribution in [2.45, 2.75) is 64.5 Å². The molecule has 0 aromatic rings. The third-order valence-electron chi connectivity index (χ3n) is 5.30. The van der Waals surface area contributed by atoms with E-state index in [2.05, 4.69) is 20.8 Å². The molecule has 0 heterocycles. The molecule has 0 N–H and O–H groups in total. The van der Waals surface area contributed by atoms with E-state index < -0.39 is 0 Å². The molecule has 0 spiro atoms. The molecule has 0 saturated heterocycles. The second-order valence-electron chi connectivity index (χ2n) is 5.98. The second kappa shape index (κ2) is 4.31. The molecule has 0 aromatic heterocycles. The third kappa shape index (κ3) is 1.75. The molecule has 0 aromatic carbocycles. The lowest BCUT2D eigenvalue weighted by Crippen LogP contribution is -2.29. The first-order chi connectivity index (χ1) is 7.14. The zero-order chi connectivity index (χ0) is 11.1. The fourth-order valence-electron chi connectivity index (χ4n) is 4.75. The summed E-state index contributed by atoms with van der Waals surface area (Å²) in [6.45, 7) is 7.23. The van der Waals surface area contributed by atoms with Crippen LogP contribution in [0.4, 0.5) is 0 Å². The van der Waals surface area contributed by atoms with Crippen LogP contribution in [0, 0.1) is 23.2 Å². The van der Waals surface area contributed by atoms with Gasteiger partial charge >= 0.3 is 0 Å². The van der Waals surface area contributed by atoms with Gasteiger partial charge in [-0.25, -0.2) is 0 Å². The Kier molecular flexibility index (Phi) is 3.40. The Morgan fingerprint density at radius 3 is 2.60 bits per heavy atom. The number of fused-ring (bicyclic) bond motifs is 1. The molecule has 2 aliphatic carbocycles. The van der Waals surface area contributed by atoms with E-state index in [1.807, 2.05) is 0 Å². The van der Waals surface area contributed by atoms with E-state index in [-0.39, 0.29) is 0 Å². The van der Waals surface area contributed by atoms with E-state index in [4.69, 9.17) is 12.6 Å². The Labute approximate surface area is 101 Å². The number of hydrogen-bond donors (Lipinski definition) is 1. The minimum atomic E-state index is 0.655. The van der Waals surface area contributed by atoms with E-state index in [1.165, 1.54) is 38.5 Å². The summed E-state index contributed by atoms with van der Waals surface area (Å²) in [6.07, 6.45) is 8.46. The van der Waals surface area contributed by atoms with Crippen molar-refractivity contribution in [1.29, 1.82) is 0 Å². The molecule has 5 unspecified atom stereocenters. The highest BCUT2D eigenvalue weighted by Crippen LogP contribution is 2.61. The van der Waals surface area contributed by atoms with Crippen molar-refractivity contribution in [1.82, 2.24) is 0 Å². The fraction of sp³-hybridized carbons (Fsp3) is 1.00. The zero-order valence-electron chi connectivity index (χ0n) is 10.5. The Bertz CT molecular complexity index is 225. The maximum atomic E-state index is 4.87. The quantitative estimate of drug-likeness (QED) is 0.671. The first-order valence-electron chi connectivity index (χ1n) is 6.82. The number of rotatable bonds is 3. The van der Waals surface area contributed by atoms with Gasteiger partial charge in [0.25, 0.3) is 0 Å². The lowest BCUT2D eigenvalue weighted by Gasteiger charge is -2.37. The SMILES string of the molecule is CCCC1(CC)CC(S)C2CCC(C)C21. The molecule has 2 saturated carbocycles. The van der Waals surface area contributed by atoms with Gasteiger partial charge < -0.3 is 0 Å². The molecule has 0 bridgehead atoms. The van der Waals surface area contributed by atoms with Crippen molar-refractivity contribution in [2.24, 2.45) is 23.2 Å². The zero-order valence-corrected chi connectivity index (χ0v) is 11.4. The Hall–Kier alpha value is 0.350. The van der Waals surface area contributed by atoms with Crippen molar-refractivity contribution < 1.29 is 0 Å². The molecule has 1 heteroatoms. The predicted octanol–water partition coefficient (Wildman–Crippen LogP) is 4.55. The predicted molar refractivity (Wildman–Crippen MR) is 70.4 cm³/mol. The van der Waals surface area contributed by atoms with Crippen LogP contribution >= 0.6 is 12.6 Å². The van der Waals surface area contributed by atoms with Crippen LogP contribution in [0.15, 0.2) is 0 Å². The molecule has 5 atom stereocenters. The van der Waals surface area contributed by atoms with E-state index >= 15 is 0 Å². The minimum absolute atomic E-state index is 0.655. The van der Waals surface area contributed by atoms with Crippen molar-refractivity contribution in [3.8, 4) is 0 Å². The molecular weight excluding hydrogens is 200 g/mol. The van der Waals surface area contributed by atoms with Crippen LogP contribution in [0.1, 0.15) is 59.3 Å². The fourth-order valence-corrected chi connectivity index (χ4v) is 5.45. The second-order valence-corrected chi connectivity index (χ2v) is 6.64. The maximum Gasteiger partial charge on any atom is 0.00534 e. The van der Waals surface area contributed by atoms with Gasteiger partial charge in [-0.2, -0.15) is 12.6 Å². The summed E-state index contributed by atoms with van der Waals surface area (Å²) in [5, 5.41) is 0.700. The van der Waals surface area contributed by atoms with Crippen LogP contribution < -0.4 is 0 Å². The minimum Gasteiger partial charge on any atom is -0.176 e. The smallest absolute Gasteiger partial charge is 0.00534 e. The van der Waals surface area contributed by atoms with Crippen molar-refractivity contribution >= 4 is 12.6 Å². The summed E-state index contributed by atoms with van der Waals surface area (Å²) in [5.74, 6) is 2.89. The maximum absolute atomic E-state index is 4.87. The van der Waals surface area contributed by atoms with E-state index in [9.17, 15) is 0 Å². The van der Waals surface area contributed by atoms with Gasteiger partial charge in [0.2, 0.25) is 0 Å². The summed E-state index contributed by atoms with van der Waals surface area (Å²) in [6, 6.07) is 0. The van der Waals surface area contributed by atoms with Crippen LogP contribution in [0.25, 0.3) is 0 Å². The molecular formula is C14H26S.